The lowest BCUT2D eigenvalue weighted by Gasteiger charge is -2.34. The van der Waals surface area contributed by atoms with Gasteiger partial charge in [-0.1, -0.05) is 13.0 Å². The SMILES string of the molecule is Cc1ccc([N+](=O)[O-])c(C)c1NC(=O)N1CC[C@@H](O)[C@@H](C)C1. The third-order valence-electron chi connectivity index (χ3n) is 4.22. The highest BCUT2D eigenvalue weighted by Gasteiger charge is 2.28. The smallest absolute Gasteiger partial charge is 0.321 e. The Kier molecular flexibility index (Phi) is 4.65. The van der Waals surface area contributed by atoms with Crippen LogP contribution in [0, 0.1) is 29.9 Å². The number of carbonyl (C=O) groups is 1. The number of likely N-dealkylation sites (tertiary alicyclic amines) is 1. The van der Waals surface area contributed by atoms with Gasteiger partial charge in [-0.05, 0) is 31.7 Å². The third kappa shape index (κ3) is 3.19. The predicted octanol–water partition coefficient (Wildman–Crippen LogP) is 2.45. The van der Waals surface area contributed by atoms with Gasteiger partial charge in [-0.3, -0.25) is 10.1 Å². The monoisotopic (exact) mass is 307 g/mol. The fourth-order valence-corrected chi connectivity index (χ4v) is 2.73. The number of urea groups is 1. The largest absolute Gasteiger partial charge is 0.393 e. The molecule has 0 aromatic heterocycles. The van der Waals surface area contributed by atoms with Crippen LogP contribution in [-0.4, -0.2) is 40.2 Å². The van der Waals surface area contributed by atoms with Gasteiger partial charge in [-0.25, -0.2) is 4.79 Å². The van der Waals surface area contributed by atoms with E-state index in [1.54, 1.807) is 24.8 Å². The van der Waals surface area contributed by atoms with Gasteiger partial charge in [-0.2, -0.15) is 0 Å². The molecular weight excluding hydrogens is 286 g/mol. The molecule has 1 saturated heterocycles. The lowest BCUT2D eigenvalue weighted by atomic mass is 9.97. The van der Waals surface area contributed by atoms with Crippen LogP contribution in [0.1, 0.15) is 24.5 Å². The van der Waals surface area contributed by atoms with Crippen molar-refractivity contribution < 1.29 is 14.8 Å². The topological polar surface area (TPSA) is 95.7 Å². The Labute approximate surface area is 129 Å². The Morgan fingerprint density at radius 1 is 1.45 bits per heavy atom. The fourth-order valence-electron chi connectivity index (χ4n) is 2.73. The normalized spacial score (nSPS) is 21.5. The van der Waals surface area contributed by atoms with E-state index in [4.69, 9.17) is 0 Å². The molecule has 2 N–H and O–H groups in total. The Morgan fingerprint density at radius 3 is 2.73 bits per heavy atom. The minimum Gasteiger partial charge on any atom is -0.393 e. The average Bonchev–Trinajstić information content (AvgIpc) is 2.45. The van der Waals surface area contributed by atoms with Crippen LogP contribution in [0.3, 0.4) is 0 Å². The zero-order chi connectivity index (χ0) is 16.4. The molecule has 2 atom stereocenters. The van der Waals surface area contributed by atoms with Gasteiger partial charge < -0.3 is 15.3 Å². The van der Waals surface area contributed by atoms with E-state index in [0.29, 0.717) is 30.8 Å². The second-order valence-corrected chi connectivity index (χ2v) is 5.87. The molecule has 120 valence electrons. The van der Waals surface area contributed by atoms with Crippen molar-refractivity contribution in [3.63, 3.8) is 0 Å². The maximum atomic E-state index is 12.4. The maximum Gasteiger partial charge on any atom is 0.321 e. The summed E-state index contributed by atoms with van der Waals surface area (Å²) in [4.78, 5) is 24.6. The molecule has 1 aliphatic heterocycles. The van der Waals surface area contributed by atoms with Gasteiger partial charge in [0.15, 0.2) is 0 Å². The molecular formula is C15H21N3O4. The number of benzene rings is 1. The highest BCUT2D eigenvalue weighted by atomic mass is 16.6. The van der Waals surface area contributed by atoms with Crippen LogP contribution in [0.25, 0.3) is 0 Å². The van der Waals surface area contributed by atoms with Gasteiger partial charge in [0.1, 0.15) is 0 Å². The highest BCUT2D eigenvalue weighted by Crippen LogP contribution is 2.29. The number of carbonyl (C=O) groups excluding carboxylic acids is 1. The zero-order valence-corrected chi connectivity index (χ0v) is 13.0. The summed E-state index contributed by atoms with van der Waals surface area (Å²) >= 11 is 0. The highest BCUT2D eigenvalue weighted by molar-refractivity contribution is 5.92. The summed E-state index contributed by atoms with van der Waals surface area (Å²) in [7, 11) is 0. The van der Waals surface area contributed by atoms with Crippen molar-refractivity contribution in [1.82, 2.24) is 4.90 Å². The number of rotatable bonds is 2. The zero-order valence-electron chi connectivity index (χ0n) is 13.0. The fraction of sp³-hybridized carbons (Fsp3) is 0.533. The quantitative estimate of drug-likeness (QED) is 0.648. The number of nitrogens with zero attached hydrogens (tertiary/aromatic N) is 2. The van der Waals surface area contributed by atoms with Crippen LogP contribution in [0.5, 0.6) is 0 Å². The molecule has 1 aromatic rings. The van der Waals surface area contributed by atoms with Crippen LogP contribution < -0.4 is 5.32 Å². The number of aliphatic hydroxyl groups excluding tert-OH is 1. The predicted molar refractivity (Wildman–Crippen MR) is 82.9 cm³/mol. The number of nitro groups is 1. The number of aliphatic hydroxyl groups is 1. The second kappa shape index (κ2) is 6.31. The number of nitro benzene ring substituents is 1. The Morgan fingerprint density at radius 2 is 2.14 bits per heavy atom. The summed E-state index contributed by atoms with van der Waals surface area (Å²) in [6.07, 6.45) is 0.159. The summed E-state index contributed by atoms with van der Waals surface area (Å²) in [6.45, 7) is 6.27. The molecule has 0 spiro atoms. The molecule has 1 heterocycles. The van der Waals surface area contributed by atoms with Gasteiger partial charge in [0, 0.05) is 19.2 Å². The number of anilines is 1. The van der Waals surface area contributed by atoms with Gasteiger partial charge >= 0.3 is 6.03 Å². The van der Waals surface area contributed by atoms with Crippen molar-refractivity contribution in [3.05, 3.63) is 33.4 Å². The van der Waals surface area contributed by atoms with Crippen molar-refractivity contribution in [2.45, 2.75) is 33.3 Å². The van der Waals surface area contributed by atoms with Crippen LogP contribution in [-0.2, 0) is 0 Å². The molecule has 0 aliphatic carbocycles. The molecule has 7 heteroatoms. The summed E-state index contributed by atoms with van der Waals surface area (Å²) in [5.74, 6) is 0.0202. The molecule has 1 aromatic carbocycles. The number of amides is 2. The second-order valence-electron chi connectivity index (χ2n) is 5.87. The summed E-state index contributed by atoms with van der Waals surface area (Å²) < 4.78 is 0. The van der Waals surface area contributed by atoms with E-state index in [1.165, 1.54) is 6.07 Å². The van der Waals surface area contributed by atoms with Crippen molar-refractivity contribution in [1.29, 1.82) is 0 Å². The molecule has 1 aliphatic rings. The molecule has 0 radical (unpaired) electrons. The minimum atomic E-state index is -0.455. The van der Waals surface area contributed by atoms with Gasteiger partial charge in [0.05, 0.1) is 22.3 Å². The van der Waals surface area contributed by atoms with Crippen LogP contribution in [0.15, 0.2) is 12.1 Å². The molecule has 0 unspecified atom stereocenters. The van der Waals surface area contributed by atoms with Crippen molar-refractivity contribution >= 4 is 17.4 Å². The number of aryl methyl sites for hydroxylation is 1. The Bertz CT molecular complexity index is 603. The number of nitrogens with one attached hydrogen (secondary N) is 1. The first-order valence-electron chi connectivity index (χ1n) is 7.30. The standard InChI is InChI=1S/C15H21N3O4/c1-9-4-5-12(18(21)22)11(3)14(9)16-15(20)17-7-6-13(19)10(2)8-17/h4-5,10,13,19H,6-8H2,1-3H3,(H,16,20)/t10-,13+/m0/s1. The first-order chi connectivity index (χ1) is 10.3. The van der Waals surface area contributed by atoms with E-state index in [0.717, 1.165) is 5.56 Å². The molecule has 2 amide bonds. The maximum absolute atomic E-state index is 12.4. The molecule has 22 heavy (non-hydrogen) atoms. The van der Waals surface area contributed by atoms with Crippen molar-refractivity contribution in [2.24, 2.45) is 5.92 Å². The van der Waals surface area contributed by atoms with Gasteiger partial charge in [-0.15, -0.1) is 0 Å². The summed E-state index contributed by atoms with van der Waals surface area (Å²) in [5, 5.41) is 23.5. The van der Waals surface area contributed by atoms with E-state index < -0.39 is 4.92 Å². The van der Waals surface area contributed by atoms with E-state index in [9.17, 15) is 20.0 Å². The first kappa shape index (κ1) is 16.2. The first-order valence-corrected chi connectivity index (χ1v) is 7.30. The average molecular weight is 307 g/mol. The van der Waals surface area contributed by atoms with E-state index in [1.807, 2.05) is 6.92 Å². The Hall–Kier alpha value is -2.15. The lowest BCUT2D eigenvalue weighted by molar-refractivity contribution is -0.385. The lowest BCUT2D eigenvalue weighted by Crippen LogP contribution is -2.46. The third-order valence-corrected chi connectivity index (χ3v) is 4.22. The minimum absolute atomic E-state index is 0.0108. The van der Waals surface area contributed by atoms with Crippen molar-refractivity contribution in [3.8, 4) is 0 Å². The number of piperidine rings is 1. The van der Waals surface area contributed by atoms with Crippen LogP contribution in [0.4, 0.5) is 16.2 Å². The molecule has 2 rings (SSSR count). The molecule has 0 saturated carbocycles. The number of hydrogen-bond acceptors (Lipinski definition) is 4. The molecule has 0 bridgehead atoms. The van der Waals surface area contributed by atoms with Crippen LogP contribution in [0.2, 0.25) is 0 Å². The van der Waals surface area contributed by atoms with Crippen molar-refractivity contribution in [2.75, 3.05) is 18.4 Å². The molecule has 1 fully saturated rings. The van der Waals surface area contributed by atoms with Gasteiger partial charge in [0.2, 0.25) is 0 Å². The van der Waals surface area contributed by atoms with E-state index in [-0.39, 0.29) is 23.7 Å². The summed E-state index contributed by atoms with van der Waals surface area (Å²) in [6, 6.07) is 2.79. The van der Waals surface area contributed by atoms with E-state index in [2.05, 4.69) is 5.32 Å². The van der Waals surface area contributed by atoms with Gasteiger partial charge in [0.25, 0.3) is 5.69 Å². The number of hydrogen-bond donors (Lipinski definition) is 2. The molecule has 7 nitrogen and oxygen atoms in total. The van der Waals surface area contributed by atoms with E-state index >= 15 is 0 Å². The summed E-state index contributed by atoms with van der Waals surface area (Å²) in [5.41, 5.74) is 1.70. The Balaban J connectivity index is 2.18. The van der Waals surface area contributed by atoms with Crippen LogP contribution >= 0.6 is 0 Å².